The number of carbonyl (C=O) groups excluding carboxylic acids is 1. The first-order valence-corrected chi connectivity index (χ1v) is 11.7. The number of amides is 1. The van der Waals surface area contributed by atoms with Crippen molar-refractivity contribution >= 4 is 17.9 Å². The van der Waals surface area contributed by atoms with Crippen LogP contribution in [0.2, 0.25) is 0 Å². The third-order valence-electron chi connectivity index (χ3n) is 5.88. The van der Waals surface area contributed by atoms with Gasteiger partial charge in [0.2, 0.25) is 5.91 Å². The van der Waals surface area contributed by atoms with Gasteiger partial charge in [-0.3, -0.25) is 4.79 Å². The van der Waals surface area contributed by atoms with Crippen LogP contribution >= 0.6 is 11.9 Å². The Hall–Kier alpha value is -2.56. The van der Waals surface area contributed by atoms with Gasteiger partial charge in [0, 0.05) is 18.0 Å². The first kappa shape index (κ1) is 21.7. The van der Waals surface area contributed by atoms with Crippen LogP contribution in [0.5, 0.6) is 0 Å². The van der Waals surface area contributed by atoms with E-state index >= 15 is 0 Å². The van der Waals surface area contributed by atoms with Crippen LogP contribution in [0.4, 0.5) is 0 Å². The van der Waals surface area contributed by atoms with Crippen molar-refractivity contribution in [2.24, 2.45) is 0 Å². The molecule has 4 rings (SSSR count). The second kappa shape index (κ2) is 9.71. The van der Waals surface area contributed by atoms with Crippen LogP contribution in [-0.4, -0.2) is 22.8 Å². The summed E-state index contributed by atoms with van der Waals surface area (Å²) in [6, 6.07) is 23.1. The van der Waals surface area contributed by atoms with Gasteiger partial charge in [-0.2, -0.15) is 0 Å². The Labute approximate surface area is 190 Å². The summed E-state index contributed by atoms with van der Waals surface area (Å²) < 4.78 is 2.27. The van der Waals surface area contributed by atoms with Crippen molar-refractivity contribution in [2.45, 2.75) is 51.1 Å². The summed E-state index contributed by atoms with van der Waals surface area (Å²) in [7, 11) is 0. The van der Waals surface area contributed by atoms with Crippen LogP contribution < -0.4 is 5.32 Å². The molecule has 3 aromatic rings. The Morgan fingerprint density at radius 2 is 1.61 bits per heavy atom. The van der Waals surface area contributed by atoms with Gasteiger partial charge in [0.25, 0.3) is 0 Å². The molecule has 0 saturated heterocycles. The normalized spacial score (nSPS) is 16.0. The highest BCUT2D eigenvalue weighted by molar-refractivity contribution is 7.97. The first-order valence-electron chi connectivity index (χ1n) is 10.9. The molecule has 1 aliphatic heterocycles. The highest BCUT2D eigenvalue weighted by atomic mass is 32.2. The molecule has 0 aromatic heterocycles. The van der Waals surface area contributed by atoms with Gasteiger partial charge >= 0.3 is 0 Å². The van der Waals surface area contributed by atoms with E-state index < -0.39 is 0 Å². The number of carbonyl (C=O) groups is 1. The van der Waals surface area contributed by atoms with E-state index in [1.807, 2.05) is 18.2 Å². The Balaban J connectivity index is 1.52. The molecular formula is C27H30N2OS. The number of fused-ring (bicyclic) bond motifs is 1. The first-order chi connectivity index (χ1) is 15.0. The summed E-state index contributed by atoms with van der Waals surface area (Å²) in [5.41, 5.74) is 7.65. The van der Waals surface area contributed by atoms with Crippen LogP contribution in [0.1, 0.15) is 33.4 Å². The Morgan fingerprint density at radius 3 is 2.32 bits per heavy atom. The van der Waals surface area contributed by atoms with E-state index in [0.717, 1.165) is 19.4 Å². The molecule has 1 aliphatic rings. The Kier molecular flexibility index (Phi) is 6.79. The molecule has 160 valence electrons. The van der Waals surface area contributed by atoms with Gasteiger partial charge in [0.05, 0.1) is 0 Å². The van der Waals surface area contributed by atoms with Gasteiger partial charge in [-0.05, 0) is 73.4 Å². The maximum atomic E-state index is 13.3. The molecule has 0 fully saturated rings. The topological polar surface area (TPSA) is 32.3 Å². The zero-order chi connectivity index (χ0) is 21.8. The summed E-state index contributed by atoms with van der Waals surface area (Å²) in [5, 5.41) is 3.19. The fraction of sp³-hybridized carbons (Fsp3) is 0.296. The SMILES string of the molecule is Cc1cc(C)c(SN2Cc3ccccc3CC2C(=O)NCCc2ccccc2)c(C)c1. The Bertz CT molecular complexity index is 1040. The predicted molar refractivity (Wildman–Crippen MR) is 129 cm³/mol. The number of rotatable bonds is 6. The fourth-order valence-electron chi connectivity index (χ4n) is 4.34. The number of benzene rings is 3. The number of aryl methyl sites for hydroxylation is 3. The minimum atomic E-state index is -0.184. The molecule has 1 unspecified atom stereocenters. The molecule has 3 nitrogen and oxygen atoms in total. The van der Waals surface area contributed by atoms with E-state index in [0.29, 0.717) is 6.54 Å². The largest absolute Gasteiger partial charge is 0.354 e. The molecule has 3 aromatic carbocycles. The molecule has 1 atom stereocenters. The lowest BCUT2D eigenvalue weighted by molar-refractivity contribution is -0.125. The quantitative estimate of drug-likeness (QED) is 0.531. The van der Waals surface area contributed by atoms with Crippen molar-refractivity contribution in [3.63, 3.8) is 0 Å². The average Bonchev–Trinajstić information content (AvgIpc) is 2.76. The lowest BCUT2D eigenvalue weighted by atomic mass is 9.95. The highest BCUT2D eigenvalue weighted by Crippen LogP contribution is 2.36. The van der Waals surface area contributed by atoms with Crippen molar-refractivity contribution < 1.29 is 4.79 Å². The van der Waals surface area contributed by atoms with Gasteiger partial charge in [0.15, 0.2) is 0 Å². The number of hydrogen-bond acceptors (Lipinski definition) is 3. The fourth-order valence-corrected chi connectivity index (χ4v) is 5.48. The van der Waals surface area contributed by atoms with Gasteiger partial charge < -0.3 is 5.32 Å². The Morgan fingerprint density at radius 1 is 0.968 bits per heavy atom. The second-order valence-electron chi connectivity index (χ2n) is 8.41. The minimum Gasteiger partial charge on any atom is -0.354 e. The number of hydrogen-bond donors (Lipinski definition) is 1. The third kappa shape index (κ3) is 5.20. The van der Waals surface area contributed by atoms with Crippen LogP contribution in [-0.2, 0) is 24.2 Å². The zero-order valence-electron chi connectivity index (χ0n) is 18.5. The molecule has 0 spiro atoms. The van der Waals surface area contributed by atoms with Crippen molar-refractivity contribution in [1.82, 2.24) is 9.62 Å². The van der Waals surface area contributed by atoms with E-state index in [-0.39, 0.29) is 11.9 Å². The summed E-state index contributed by atoms with van der Waals surface area (Å²) in [4.78, 5) is 14.5. The lowest BCUT2D eigenvalue weighted by Crippen LogP contribution is -2.47. The monoisotopic (exact) mass is 430 g/mol. The zero-order valence-corrected chi connectivity index (χ0v) is 19.3. The van der Waals surface area contributed by atoms with Crippen LogP contribution in [0.25, 0.3) is 0 Å². The van der Waals surface area contributed by atoms with Crippen molar-refractivity contribution in [1.29, 1.82) is 0 Å². The minimum absolute atomic E-state index is 0.111. The molecule has 0 bridgehead atoms. The smallest absolute Gasteiger partial charge is 0.238 e. The average molecular weight is 431 g/mol. The molecule has 1 heterocycles. The summed E-state index contributed by atoms with van der Waals surface area (Å²) in [6.45, 7) is 7.88. The molecule has 1 amide bonds. The number of nitrogens with zero attached hydrogens (tertiary/aromatic N) is 1. The van der Waals surface area contributed by atoms with Crippen molar-refractivity contribution in [2.75, 3.05) is 6.54 Å². The van der Waals surface area contributed by atoms with Gasteiger partial charge in [-0.25, -0.2) is 4.31 Å². The molecule has 31 heavy (non-hydrogen) atoms. The predicted octanol–water partition coefficient (Wildman–Crippen LogP) is 5.40. The molecule has 4 heteroatoms. The van der Waals surface area contributed by atoms with E-state index in [9.17, 15) is 4.79 Å². The van der Waals surface area contributed by atoms with Gasteiger partial charge in [-0.15, -0.1) is 0 Å². The van der Waals surface area contributed by atoms with E-state index in [1.165, 1.54) is 38.3 Å². The molecule has 1 N–H and O–H groups in total. The highest BCUT2D eigenvalue weighted by Gasteiger charge is 2.32. The maximum Gasteiger partial charge on any atom is 0.238 e. The molecule has 0 saturated carbocycles. The van der Waals surface area contributed by atoms with Gasteiger partial charge in [-0.1, -0.05) is 72.3 Å². The van der Waals surface area contributed by atoms with Crippen molar-refractivity contribution in [3.05, 3.63) is 100 Å². The van der Waals surface area contributed by atoms with E-state index in [2.05, 4.69) is 78.9 Å². The number of nitrogens with one attached hydrogen (secondary N) is 1. The maximum absolute atomic E-state index is 13.3. The van der Waals surface area contributed by atoms with E-state index in [1.54, 1.807) is 11.9 Å². The molecule has 0 radical (unpaired) electrons. The molecular weight excluding hydrogens is 400 g/mol. The van der Waals surface area contributed by atoms with Gasteiger partial charge in [0.1, 0.15) is 6.04 Å². The van der Waals surface area contributed by atoms with Crippen LogP contribution in [0, 0.1) is 20.8 Å². The summed E-state index contributed by atoms with van der Waals surface area (Å²) in [5.74, 6) is 0.111. The van der Waals surface area contributed by atoms with E-state index in [4.69, 9.17) is 0 Å². The third-order valence-corrected chi connectivity index (χ3v) is 7.32. The summed E-state index contributed by atoms with van der Waals surface area (Å²) >= 11 is 1.73. The lowest BCUT2D eigenvalue weighted by Gasteiger charge is -2.35. The standard InChI is InChI=1S/C27H30N2OS/c1-19-15-20(2)26(21(3)16-19)31-29-18-24-12-8-7-11-23(24)17-25(29)27(30)28-14-13-22-9-5-4-6-10-22/h4-12,15-16,25H,13-14,17-18H2,1-3H3,(H,28,30). The summed E-state index contributed by atoms with van der Waals surface area (Å²) in [6.07, 6.45) is 1.59. The second-order valence-corrected chi connectivity index (χ2v) is 9.47. The van der Waals surface area contributed by atoms with Crippen LogP contribution in [0.3, 0.4) is 0 Å². The molecule has 0 aliphatic carbocycles. The van der Waals surface area contributed by atoms with Crippen LogP contribution in [0.15, 0.2) is 71.6 Å². The van der Waals surface area contributed by atoms with Crippen molar-refractivity contribution in [3.8, 4) is 0 Å².